The lowest BCUT2D eigenvalue weighted by molar-refractivity contribution is 0.381. The van der Waals surface area contributed by atoms with Crippen LogP contribution in [0.4, 0.5) is 0 Å². The summed E-state index contributed by atoms with van der Waals surface area (Å²) in [5, 5.41) is 1.45. The van der Waals surface area contributed by atoms with Gasteiger partial charge in [0.2, 0.25) is 0 Å². The predicted molar refractivity (Wildman–Crippen MR) is 82.7 cm³/mol. The third kappa shape index (κ3) is 5.79. The first kappa shape index (κ1) is 18.2. The summed E-state index contributed by atoms with van der Waals surface area (Å²) in [5.41, 5.74) is 1.01. The molecule has 0 aliphatic rings. The third-order valence-corrected chi connectivity index (χ3v) is 3.28. The van der Waals surface area contributed by atoms with E-state index < -0.39 is 10.4 Å². The van der Waals surface area contributed by atoms with Crippen LogP contribution in [0.5, 0.6) is 0 Å². The molecule has 0 unspecified atom stereocenters. The first-order valence-corrected chi connectivity index (χ1v) is 8.76. The van der Waals surface area contributed by atoms with Crippen LogP contribution in [0.3, 0.4) is 0 Å². The van der Waals surface area contributed by atoms with Gasteiger partial charge in [-0.3, -0.25) is 13.5 Å². The second-order valence-electron chi connectivity index (χ2n) is 4.27. The molecule has 2 aromatic rings. The van der Waals surface area contributed by atoms with Gasteiger partial charge in [-0.05, 0) is 5.75 Å². The van der Waals surface area contributed by atoms with Crippen molar-refractivity contribution < 1.29 is 17.5 Å². The van der Waals surface area contributed by atoms with E-state index in [1.807, 2.05) is 12.3 Å². The van der Waals surface area contributed by atoms with Crippen molar-refractivity contribution in [3.05, 3.63) is 23.2 Å². The Balaban J connectivity index is 0.000000383. The van der Waals surface area contributed by atoms with E-state index in [-0.39, 0.29) is 0 Å². The predicted octanol–water partition coefficient (Wildman–Crippen LogP) is 2.97. The molecular formula is C11H16ClN3O4S2. The summed E-state index contributed by atoms with van der Waals surface area (Å²) in [6, 6.07) is 1.85. The largest absolute Gasteiger partial charge is 0.394 e. The van der Waals surface area contributed by atoms with Crippen molar-refractivity contribution in [2.24, 2.45) is 0 Å². The molecule has 2 aromatic heterocycles. The highest BCUT2D eigenvalue weighted by Gasteiger charge is 2.13. The number of thioether (sulfide) groups is 1. The van der Waals surface area contributed by atoms with Gasteiger partial charge in [-0.15, -0.1) is 0 Å². The molecule has 0 atom stereocenters. The van der Waals surface area contributed by atoms with E-state index >= 15 is 0 Å². The molecule has 2 N–H and O–H groups in total. The van der Waals surface area contributed by atoms with Crippen LogP contribution in [-0.4, -0.2) is 37.6 Å². The van der Waals surface area contributed by atoms with Crippen LogP contribution in [0.25, 0.3) is 5.52 Å². The van der Waals surface area contributed by atoms with Gasteiger partial charge in [-0.2, -0.15) is 8.42 Å². The van der Waals surface area contributed by atoms with Crippen LogP contribution in [0, 0.1) is 0 Å². The fourth-order valence-electron chi connectivity index (χ4n) is 1.62. The molecule has 0 fully saturated rings. The van der Waals surface area contributed by atoms with Gasteiger partial charge in [0.1, 0.15) is 11.0 Å². The lowest BCUT2D eigenvalue weighted by Gasteiger charge is -2.09. The molecule has 0 bridgehead atoms. The maximum absolute atomic E-state index is 8.74. The van der Waals surface area contributed by atoms with Crippen molar-refractivity contribution in [3.63, 3.8) is 0 Å². The molecule has 0 saturated heterocycles. The zero-order valence-corrected chi connectivity index (χ0v) is 14.1. The molecule has 0 aliphatic carbocycles. The molecule has 10 heteroatoms. The van der Waals surface area contributed by atoms with Crippen LogP contribution >= 0.6 is 23.4 Å². The minimum atomic E-state index is -4.67. The maximum Gasteiger partial charge on any atom is 0.394 e. The molecule has 118 valence electrons. The Hall–Kier alpha value is -0.870. The van der Waals surface area contributed by atoms with Crippen LogP contribution in [-0.2, 0) is 10.4 Å². The van der Waals surface area contributed by atoms with Crippen LogP contribution in [0.1, 0.15) is 32.5 Å². The van der Waals surface area contributed by atoms with Gasteiger partial charge in [0.15, 0.2) is 5.16 Å². The smallest absolute Gasteiger partial charge is 0.275 e. The van der Waals surface area contributed by atoms with Crippen molar-refractivity contribution in [1.29, 1.82) is 0 Å². The first-order valence-electron chi connectivity index (χ1n) is 6.00. The van der Waals surface area contributed by atoms with Gasteiger partial charge in [-0.25, -0.2) is 9.97 Å². The zero-order valence-electron chi connectivity index (χ0n) is 11.7. The van der Waals surface area contributed by atoms with Crippen molar-refractivity contribution in [1.82, 2.24) is 14.4 Å². The summed E-state index contributed by atoms with van der Waals surface area (Å²) < 4.78 is 33.7. The Labute approximate surface area is 132 Å². The average Bonchev–Trinajstić information content (AvgIpc) is 2.70. The monoisotopic (exact) mass is 353 g/mol. The highest BCUT2D eigenvalue weighted by molar-refractivity contribution is 7.99. The van der Waals surface area contributed by atoms with E-state index in [0.29, 0.717) is 11.1 Å². The van der Waals surface area contributed by atoms with Crippen molar-refractivity contribution in [2.75, 3.05) is 5.75 Å². The van der Waals surface area contributed by atoms with E-state index in [1.165, 1.54) is 0 Å². The van der Waals surface area contributed by atoms with Gasteiger partial charge in [0.25, 0.3) is 0 Å². The molecule has 0 aliphatic heterocycles. The fraction of sp³-hybridized carbons (Fsp3) is 0.455. The molecule has 7 nitrogen and oxygen atoms in total. The van der Waals surface area contributed by atoms with Gasteiger partial charge in [0, 0.05) is 12.0 Å². The lowest BCUT2D eigenvalue weighted by atomic mass is 10.2. The van der Waals surface area contributed by atoms with Crippen LogP contribution in [0.15, 0.2) is 17.4 Å². The summed E-state index contributed by atoms with van der Waals surface area (Å²) in [7, 11) is -4.67. The Kier molecular flexibility index (Phi) is 6.41. The van der Waals surface area contributed by atoms with Crippen molar-refractivity contribution in [3.8, 4) is 0 Å². The highest BCUT2D eigenvalue weighted by atomic mass is 35.5. The SMILES string of the molecule is CCSc1nc(Cl)cc2cnc(C(C)C)n12.O=S(=O)(O)O. The quantitative estimate of drug-likeness (QED) is 0.378. The molecule has 21 heavy (non-hydrogen) atoms. The molecule has 0 amide bonds. The number of hydrogen-bond donors (Lipinski definition) is 2. The van der Waals surface area contributed by atoms with Gasteiger partial charge < -0.3 is 0 Å². The lowest BCUT2D eigenvalue weighted by Crippen LogP contribution is -2.02. The minimum Gasteiger partial charge on any atom is -0.275 e. The Bertz CT molecular complexity index is 708. The molecule has 0 radical (unpaired) electrons. The zero-order chi connectivity index (χ0) is 16.2. The second-order valence-corrected chi connectivity index (χ2v) is 6.79. The highest BCUT2D eigenvalue weighted by Crippen LogP contribution is 2.25. The second kappa shape index (κ2) is 7.41. The Morgan fingerprint density at radius 2 is 2.00 bits per heavy atom. The van der Waals surface area contributed by atoms with Crippen LogP contribution in [0.2, 0.25) is 5.15 Å². The number of aromatic nitrogens is 3. The summed E-state index contributed by atoms with van der Waals surface area (Å²) in [6.07, 6.45) is 1.85. The van der Waals surface area contributed by atoms with Gasteiger partial charge in [-0.1, -0.05) is 44.1 Å². The van der Waals surface area contributed by atoms with E-state index in [1.54, 1.807) is 11.8 Å². The third-order valence-electron chi connectivity index (χ3n) is 2.27. The minimum absolute atomic E-state index is 0.377. The number of imidazole rings is 1. The van der Waals surface area contributed by atoms with Crippen molar-refractivity contribution in [2.45, 2.75) is 31.8 Å². The van der Waals surface area contributed by atoms with Gasteiger partial charge in [0.05, 0.1) is 11.7 Å². The maximum atomic E-state index is 8.74. The Morgan fingerprint density at radius 3 is 2.48 bits per heavy atom. The van der Waals surface area contributed by atoms with Crippen molar-refractivity contribution >= 4 is 39.3 Å². The van der Waals surface area contributed by atoms with E-state index in [4.69, 9.17) is 29.1 Å². The average molecular weight is 354 g/mol. The normalized spacial score (nSPS) is 11.6. The number of halogens is 1. The molecule has 0 spiro atoms. The molecule has 0 saturated carbocycles. The number of nitrogens with zero attached hydrogens (tertiary/aromatic N) is 3. The number of hydrogen-bond acceptors (Lipinski definition) is 5. The van der Waals surface area contributed by atoms with Gasteiger partial charge >= 0.3 is 10.4 Å². The van der Waals surface area contributed by atoms with E-state index in [9.17, 15) is 0 Å². The van der Waals surface area contributed by atoms with Crippen LogP contribution < -0.4 is 0 Å². The molecule has 2 rings (SSSR count). The topological polar surface area (TPSA) is 105 Å². The first-order chi connectivity index (χ1) is 9.63. The molecule has 2 heterocycles. The molecule has 0 aromatic carbocycles. The molecular weight excluding hydrogens is 338 g/mol. The summed E-state index contributed by atoms with van der Waals surface area (Å²) in [5.74, 6) is 2.38. The summed E-state index contributed by atoms with van der Waals surface area (Å²) in [4.78, 5) is 8.79. The number of rotatable bonds is 3. The van der Waals surface area contributed by atoms with E-state index in [0.717, 1.165) is 22.3 Å². The summed E-state index contributed by atoms with van der Waals surface area (Å²) >= 11 is 7.67. The standard InChI is InChI=1S/C11H14ClN3S.H2O4S/c1-4-16-11-14-9(12)5-8-6-13-10(7(2)3)15(8)11;1-5(2,3)4/h5-7H,4H2,1-3H3;(H2,1,2,3,4). The number of fused-ring (bicyclic) bond motifs is 1. The summed E-state index contributed by atoms with van der Waals surface area (Å²) in [6.45, 7) is 6.36. The fourth-order valence-corrected chi connectivity index (χ4v) is 2.61. The van der Waals surface area contributed by atoms with E-state index in [2.05, 4.69) is 35.1 Å². The Morgan fingerprint density at radius 1 is 1.43 bits per heavy atom.